The first-order valence-electron chi connectivity index (χ1n) is 7.12. The Morgan fingerprint density at radius 3 is 1.50 bits per heavy atom. The van der Waals surface area contributed by atoms with Crippen LogP contribution < -0.4 is 0 Å². The van der Waals surface area contributed by atoms with Crippen LogP contribution in [-0.4, -0.2) is 34.5 Å². The Morgan fingerprint density at radius 1 is 0.778 bits per heavy atom. The molecule has 3 N–H and O–H groups in total. The van der Waals surface area contributed by atoms with Gasteiger partial charge in [0.1, 0.15) is 0 Å². The van der Waals surface area contributed by atoms with Crippen LogP contribution in [0.15, 0.2) is 0 Å². The highest BCUT2D eigenvalue weighted by Gasteiger charge is 1.96. The third-order valence-corrected chi connectivity index (χ3v) is 2.59. The SMILES string of the molecule is CCCCCCCCCCCC(=O)O.OCCO. The van der Waals surface area contributed by atoms with E-state index < -0.39 is 5.97 Å². The number of aliphatic carboxylic acids is 1. The Labute approximate surface area is 111 Å². The summed E-state index contributed by atoms with van der Waals surface area (Å²) in [5.41, 5.74) is 0. The number of aliphatic hydroxyl groups is 2. The van der Waals surface area contributed by atoms with Crippen molar-refractivity contribution in [3.8, 4) is 0 Å². The lowest BCUT2D eigenvalue weighted by Gasteiger charge is -2.00. The second-order valence-electron chi connectivity index (χ2n) is 4.42. The van der Waals surface area contributed by atoms with Gasteiger partial charge in [0.15, 0.2) is 0 Å². The smallest absolute Gasteiger partial charge is 0.303 e. The highest BCUT2D eigenvalue weighted by atomic mass is 16.4. The molecule has 0 aliphatic rings. The quantitative estimate of drug-likeness (QED) is 0.500. The Balaban J connectivity index is 0. The molecule has 0 radical (unpaired) electrons. The van der Waals surface area contributed by atoms with Gasteiger partial charge in [-0.2, -0.15) is 0 Å². The maximum atomic E-state index is 10.2. The molecular formula is C14H30O4. The van der Waals surface area contributed by atoms with E-state index >= 15 is 0 Å². The summed E-state index contributed by atoms with van der Waals surface area (Å²) in [5, 5.41) is 23.7. The minimum atomic E-state index is -0.659. The molecule has 0 aliphatic heterocycles. The molecular weight excluding hydrogens is 232 g/mol. The first kappa shape index (κ1) is 19.7. The summed E-state index contributed by atoms with van der Waals surface area (Å²) >= 11 is 0. The number of hydrogen-bond donors (Lipinski definition) is 3. The fraction of sp³-hybridized carbons (Fsp3) is 0.929. The summed E-state index contributed by atoms with van der Waals surface area (Å²) in [6, 6.07) is 0. The van der Waals surface area contributed by atoms with Crippen molar-refractivity contribution in [1.29, 1.82) is 0 Å². The molecule has 0 aromatic carbocycles. The van der Waals surface area contributed by atoms with Gasteiger partial charge in [0.25, 0.3) is 0 Å². The summed E-state index contributed by atoms with van der Waals surface area (Å²) in [5.74, 6) is -0.659. The van der Waals surface area contributed by atoms with Gasteiger partial charge in [-0.3, -0.25) is 4.79 Å². The Morgan fingerprint density at radius 2 is 1.17 bits per heavy atom. The van der Waals surface area contributed by atoms with Crippen molar-refractivity contribution in [2.45, 2.75) is 71.1 Å². The van der Waals surface area contributed by atoms with Crippen molar-refractivity contribution in [3.05, 3.63) is 0 Å². The molecule has 4 nitrogen and oxygen atoms in total. The molecule has 0 rings (SSSR count). The number of carboxylic acid groups (broad SMARTS) is 1. The van der Waals surface area contributed by atoms with E-state index in [1.165, 1.54) is 44.9 Å². The topological polar surface area (TPSA) is 77.8 Å². The zero-order valence-electron chi connectivity index (χ0n) is 11.7. The van der Waals surface area contributed by atoms with Gasteiger partial charge in [0, 0.05) is 6.42 Å². The minimum absolute atomic E-state index is 0.125. The molecule has 0 atom stereocenters. The van der Waals surface area contributed by atoms with Crippen LogP contribution in [0.5, 0.6) is 0 Å². The maximum absolute atomic E-state index is 10.2. The Kier molecular flexibility index (Phi) is 20.5. The van der Waals surface area contributed by atoms with Crippen molar-refractivity contribution >= 4 is 5.97 Å². The predicted molar refractivity (Wildman–Crippen MR) is 73.7 cm³/mol. The highest BCUT2D eigenvalue weighted by Crippen LogP contribution is 2.10. The monoisotopic (exact) mass is 262 g/mol. The molecule has 0 aliphatic carbocycles. The van der Waals surface area contributed by atoms with E-state index in [4.69, 9.17) is 15.3 Å². The molecule has 0 saturated heterocycles. The van der Waals surface area contributed by atoms with E-state index in [1.807, 2.05) is 0 Å². The minimum Gasteiger partial charge on any atom is -0.481 e. The van der Waals surface area contributed by atoms with Gasteiger partial charge in [0.2, 0.25) is 0 Å². The lowest BCUT2D eigenvalue weighted by Crippen LogP contribution is -1.93. The van der Waals surface area contributed by atoms with E-state index in [9.17, 15) is 4.79 Å². The summed E-state index contributed by atoms with van der Waals surface area (Å²) in [4.78, 5) is 10.2. The van der Waals surface area contributed by atoms with Crippen LogP contribution in [0.25, 0.3) is 0 Å². The number of aliphatic hydroxyl groups excluding tert-OH is 2. The second kappa shape index (κ2) is 18.7. The lowest BCUT2D eigenvalue weighted by molar-refractivity contribution is -0.137. The summed E-state index contributed by atoms with van der Waals surface area (Å²) < 4.78 is 0. The zero-order chi connectivity index (χ0) is 14.1. The number of unbranched alkanes of at least 4 members (excludes halogenated alkanes) is 8. The molecule has 0 amide bonds. The third kappa shape index (κ3) is 24.6. The van der Waals surface area contributed by atoms with Crippen LogP contribution in [0.4, 0.5) is 0 Å². The van der Waals surface area contributed by atoms with Crippen molar-refractivity contribution in [3.63, 3.8) is 0 Å². The zero-order valence-corrected chi connectivity index (χ0v) is 11.7. The fourth-order valence-electron chi connectivity index (χ4n) is 1.59. The highest BCUT2D eigenvalue weighted by molar-refractivity contribution is 5.66. The normalized spacial score (nSPS) is 9.72. The van der Waals surface area contributed by atoms with E-state index in [0.717, 1.165) is 12.8 Å². The van der Waals surface area contributed by atoms with Crippen LogP contribution in [0.2, 0.25) is 0 Å². The first-order valence-corrected chi connectivity index (χ1v) is 7.12. The molecule has 0 aromatic rings. The lowest BCUT2D eigenvalue weighted by atomic mass is 10.1. The van der Waals surface area contributed by atoms with Crippen molar-refractivity contribution in [2.75, 3.05) is 13.2 Å². The van der Waals surface area contributed by atoms with Crippen LogP contribution in [-0.2, 0) is 4.79 Å². The van der Waals surface area contributed by atoms with Crippen LogP contribution in [0.1, 0.15) is 71.1 Å². The molecule has 0 bridgehead atoms. The second-order valence-corrected chi connectivity index (χ2v) is 4.42. The van der Waals surface area contributed by atoms with Gasteiger partial charge in [-0.15, -0.1) is 0 Å². The fourth-order valence-corrected chi connectivity index (χ4v) is 1.59. The van der Waals surface area contributed by atoms with Crippen LogP contribution in [0.3, 0.4) is 0 Å². The average molecular weight is 262 g/mol. The Bertz CT molecular complexity index is 158. The van der Waals surface area contributed by atoms with E-state index in [2.05, 4.69) is 6.92 Å². The standard InChI is InChI=1S/C12H24O2.C2H6O2/c1-2-3-4-5-6-7-8-9-10-11-12(13)14;3-1-2-4/h2-11H2,1H3,(H,13,14);3-4H,1-2H2. The first-order chi connectivity index (χ1) is 8.68. The van der Waals surface area contributed by atoms with Gasteiger partial charge in [-0.1, -0.05) is 58.3 Å². The van der Waals surface area contributed by atoms with Gasteiger partial charge >= 0.3 is 5.97 Å². The van der Waals surface area contributed by atoms with Gasteiger partial charge in [-0.25, -0.2) is 0 Å². The van der Waals surface area contributed by atoms with Crippen LogP contribution in [0, 0.1) is 0 Å². The van der Waals surface area contributed by atoms with Gasteiger partial charge in [0.05, 0.1) is 13.2 Å². The largest absolute Gasteiger partial charge is 0.481 e. The number of hydrogen-bond acceptors (Lipinski definition) is 3. The van der Waals surface area contributed by atoms with Crippen molar-refractivity contribution in [1.82, 2.24) is 0 Å². The van der Waals surface area contributed by atoms with Crippen molar-refractivity contribution < 1.29 is 20.1 Å². The average Bonchev–Trinajstić information content (AvgIpc) is 2.37. The van der Waals surface area contributed by atoms with Gasteiger partial charge < -0.3 is 15.3 Å². The molecule has 0 saturated carbocycles. The van der Waals surface area contributed by atoms with Crippen molar-refractivity contribution in [2.24, 2.45) is 0 Å². The van der Waals surface area contributed by atoms with E-state index in [1.54, 1.807) is 0 Å². The number of carbonyl (C=O) groups is 1. The Hall–Kier alpha value is -0.610. The molecule has 0 aromatic heterocycles. The van der Waals surface area contributed by atoms with Gasteiger partial charge in [-0.05, 0) is 6.42 Å². The third-order valence-electron chi connectivity index (χ3n) is 2.59. The molecule has 18 heavy (non-hydrogen) atoms. The van der Waals surface area contributed by atoms with E-state index in [-0.39, 0.29) is 13.2 Å². The predicted octanol–water partition coefficient (Wildman–Crippen LogP) is 2.96. The molecule has 0 spiro atoms. The maximum Gasteiger partial charge on any atom is 0.303 e. The molecule has 4 heteroatoms. The molecule has 110 valence electrons. The summed E-state index contributed by atoms with van der Waals surface area (Å²) in [6.07, 6.45) is 11.5. The number of rotatable bonds is 11. The summed E-state index contributed by atoms with van der Waals surface area (Å²) in [6.45, 7) is 1.98. The molecule has 0 unspecified atom stereocenters. The molecule has 0 fully saturated rings. The number of carboxylic acids is 1. The molecule has 0 heterocycles. The van der Waals surface area contributed by atoms with Crippen LogP contribution >= 0.6 is 0 Å². The van der Waals surface area contributed by atoms with E-state index in [0.29, 0.717) is 6.42 Å². The summed E-state index contributed by atoms with van der Waals surface area (Å²) in [7, 11) is 0.